The molecule has 0 bridgehead atoms. The lowest BCUT2D eigenvalue weighted by Crippen LogP contribution is -2.41. The number of carboxylic acid groups (broad SMARTS) is 1. The number of hydrogen-bond donors (Lipinski definition) is 4. The van der Waals surface area contributed by atoms with Gasteiger partial charge in [0.1, 0.15) is 0 Å². The van der Waals surface area contributed by atoms with Crippen molar-refractivity contribution in [1.29, 1.82) is 0 Å². The van der Waals surface area contributed by atoms with Crippen LogP contribution in [0.15, 0.2) is 109 Å². The van der Waals surface area contributed by atoms with Crippen LogP contribution in [0.3, 0.4) is 0 Å². The zero-order chi connectivity index (χ0) is 33.6. The predicted octanol–water partition coefficient (Wildman–Crippen LogP) is 7.22. The van der Waals surface area contributed by atoms with Gasteiger partial charge in [0.25, 0.3) is 5.91 Å². The number of fused-ring (bicyclic) bond motifs is 1. The van der Waals surface area contributed by atoms with Crippen molar-refractivity contribution in [3.05, 3.63) is 126 Å². The standard InChI is InChI=1S/C38H39N5O5/c1-25(2)40-38(47)41-29-18-20-31(21-19-29)48-43(30-10-4-3-5-11-30)36(44)27-16-14-26(15-17-27)35(42-22-8-9-28(24-42)37(45)46)33-23-39-34-13-7-6-12-32(33)34/h3-7,10-21,23,25,28,35,39H,8-9,22,24H2,1-2H3,(H,45,46)(H2,40,41,47). The molecule has 6 rings (SSSR count). The van der Waals surface area contributed by atoms with Crippen molar-refractivity contribution in [2.45, 2.75) is 38.8 Å². The van der Waals surface area contributed by atoms with E-state index in [-0.39, 0.29) is 24.0 Å². The summed E-state index contributed by atoms with van der Waals surface area (Å²) < 4.78 is 0. The number of piperidine rings is 1. The van der Waals surface area contributed by atoms with E-state index in [2.05, 4.69) is 26.6 Å². The SMILES string of the molecule is CC(C)NC(=O)Nc1ccc(ON(C(=O)c2ccc(C(c3c[nH]c4ccccc34)N3CCCC(C(=O)O)C3)cc2)c2ccccc2)cc1. The van der Waals surface area contributed by atoms with Crippen LogP contribution in [0.5, 0.6) is 5.75 Å². The maximum absolute atomic E-state index is 14.0. The van der Waals surface area contributed by atoms with Gasteiger partial charge in [0.2, 0.25) is 0 Å². The molecule has 2 unspecified atom stereocenters. The number of urea groups is 1. The number of para-hydroxylation sites is 2. The van der Waals surface area contributed by atoms with Crippen LogP contribution in [-0.4, -0.2) is 52.0 Å². The van der Waals surface area contributed by atoms with Crippen LogP contribution >= 0.6 is 0 Å². The predicted molar refractivity (Wildman–Crippen MR) is 186 cm³/mol. The third-order valence-electron chi connectivity index (χ3n) is 8.46. The summed E-state index contributed by atoms with van der Waals surface area (Å²) >= 11 is 0. The molecule has 10 heteroatoms. The number of amides is 3. The van der Waals surface area contributed by atoms with Gasteiger partial charge in [-0.25, -0.2) is 4.79 Å². The molecule has 1 aliphatic heterocycles. The number of anilines is 2. The van der Waals surface area contributed by atoms with Crippen molar-refractivity contribution >= 4 is 40.2 Å². The molecular formula is C38H39N5O5. The van der Waals surface area contributed by atoms with E-state index >= 15 is 0 Å². The summed E-state index contributed by atoms with van der Waals surface area (Å²) in [6.45, 7) is 4.96. The summed E-state index contributed by atoms with van der Waals surface area (Å²) in [5.41, 5.74) is 4.58. The molecule has 0 saturated carbocycles. The Morgan fingerprint density at radius 3 is 2.33 bits per heavy atom. The van der Waals surface area contributed by atoms with Gasteiger partial charge in [-0.15, -0.1) is 5.06 Å². The van der Waals surface area contributed by atoms with Gasteiger partial charge in [-0.05, 0) is 99.0 Å². The van der Waals surface area contributed by atoms with Crippen molar-refractivity contribution < 1.29 is 24.3 Å². The summed E-state index contributed by atoms with van der Waals surface area (Å²) in [7, 11) is 0. The number of rotatable bonds is 10. The van der Waals surface area contributed by atoms with Crippen LogP contribution < -0.4 is 20.5 Å². The number of hydroxylamine groups is 1. The largest absolute Gasteiger partial charge is 0.481 e. The van der Waals surface area contributed by atoms with Gasteiger partial charge in [0.15, 0.2) is 5.75 Å². The maximum atomic E-state index is 14.0. The number of aliphatic carboxylic acids is 1. The third kappa shape index (κ3) is 7.34. The molecule has 246 valence electrons. The fourth-order valence-corrected chi connectivity index (χ4v) is 6.18. The van der Waals surface area contributed by atoms with E-state index in [9.17, 15) is 19.5 Å². The molecule has 2 heterocycles. The lowest BCUT2D eigenvalue weighted by Gasteiger charge is -2.37. The van der Waals surface area contributed by atoms with Crippen LogP contribution in [0.1, 0.15) is 54.2 Å². The highest BCUT2D eigenvalue weighted by Crippen LogP contribution is 2.37. The van der Waals surface area contributed by atoms with E-state index in [1.165, 1.54) is 5.06 Å². The normalized spacial score (nSPS) is 15.5. The molecule has 10 nitrogen and oxygen atoms in total. The van der Waals surface area contributed by atoms with Crippen LogP contribution in [0.4, 0.5) is 16.2 Å². The second-order valence-electron chi connectivity index (χ2n) is 12.3. The minimum atomic E-state index is -0.776. The molecule has 1 saturated heterocycles. The number of aromatic nitrogens is 1. The van der Waals surface area contributed by atoms with Gasteiger partial charge >= 0.3 is 12.0 Å². The first-order chi connectivity index (χ1) is 23.3. The minimum Gasteiger partial charge on any atom is -0.481 e. The molecule has 5 aromatic rings. The van der Waals surface area contributed by atoms with E-state index in [4.69, 9.17) is 4.84 Å². The van der Waals surface area contributed by atoms with Gasteiger partial charge < -0.3 is 25.6 Å². The van der Waals surface area contributed by atoms with E-state index in [0.717, 1.165) is 35.0 Å². The highest BCUT2D eigenvalue weighted by molar-refractivity contribution is 6.05. The minimum absolute atomic E-state index is 0.000542. The fraction of sp³-hybridized carbons (Fsp3) is 0.237. The van der Waals surface area contributed by atoms with Crippen LogP contribution in [0, 0.1) is 5.92 Å². The van der Waals surface area contributed by atoms with Crippen LogP contribution in [0.25, 0.3) is 10.9 Å². The second kappa shape index (κ2) is 14.4. The average molecular weight is 646 g/mol. The molecule has 48 heavy (non-hydrogen) atoms. The van der Waals surface area contributed by atoms with Crippen molar-refractivity contribution in [3.63, 3.8) is 0 Å². The van der Waals surface area contributed by atoms with E-state index in [1.54, 1.807) is 48.5 Å². The highest BCUT2D eigenvalue weighted by Gasteiger charge is 2.33. The maximum Gasteiger partial charge on any atom is 0.319 e. The smallest absolute Gasteiger partial charge is 0.319 e. The Balaban J connectivity index is 1.27. The molecule has 1 aliphatic rings. The van der Waals surface area contributed by atoms with Crippen molar-refractivity contribution in [2.75, 3.05) is 23.5 Å². The molecular weight excluding hydrogens is 606 g/mol. The number of aromatic amines is 1. The molecule has 1 fully saturated rings. The summed E-state index contributed by atoms with van der Waals surface area (Å²) in [5.74, 6) is -1.16. The number of carboxylic acids is 1. The fourth-order valence-electron chi connectivity index (χ4n) is 6.18. The van der Waals surface area contributed by atoms with Gasteiger partial charge in [0, 0.05) is 40.9 Å². The first-order valence-electron chi connectivity index (χ1n) is 16.1. The Labute approximate surface area is 279 Å². The zero-order valence-corrected chi connectivity index (χ0v) is 26.9. The molecule has 3 amide bonds. The van der Waals surface area contributed by atoms with Crippen LogP contribution in [0.2, 0.25) is 0 Å². The van der Waals surface area contributed by atoms with Crippen LogP contribution in [-0.2, 0) is 4.79 Å². The quantitative estimate of drug-likeness (QED) is 0.119. The zero-order valence-electron chi connectivity index (χ0n) is 26.9. The molecule has 0 radical (unpaired) electrons. The van der Waals surface area contributed by atoms with Gasteiger partial charge in [-0.3, -0.25) is 14.5 Å². The molecule has 0 spiro atoms. The summed E-state index contributed by atoms with van der Waals surface area (Å²) in [6.07, 6.45) is 3.45. The van der Waals surface area contributed by atoms with Gasteiger partial charge in [-0.1, -0.05) is 48.5 Å². The molecule has 4 N–H and O–H groups in total. The number of benzene rings is 4. The van der Waals surface area contributed by atoms with Crippen molar-refractivity contribution in [3.8, 4) is 5.75 Å². The number of hydrogen-bond acceptors (Lipinski definition) is 5. The molecule has 2 atom stereocenters. The van der Waals surface area contributed by atoms with Gasteiger partial charge in [0.05, 0.1) is 17.6 Å². The molecule has 1 aromatic heterocycles. The Morgan fingerprint density at radius 2 is 1.62 bits per heavy atom. The number of nitrogens with zero attached hydrogens (tertiary/aromatic N) is 2. The number of likely N-dealkylation sites (tertiary alicyclic amines) is 1. The Morgan fingerprint density at radius 1 is 0.917 bits per heavy atom. The summed E-state index contributed by atoms with van der Waals surface area (Å²) in [6, 6.07) is 30.9. The molecule has 4 aromatic carbocycles. The van der Waals surface area contributed by atoms with Gasteiger partial charge in [-0.2, -0.15) is 0 Å². The molecule has 0 aliphatic carbocycles. The number of H-pyrrole nitrogens is 1. The Bertz CT molecular complexity index is 1870. The highest BCUT2D eigenvalue weighted by atomic mass is 16.7. The lowest BCUT2D eigenvalue weighted by molar-refractivity contribution is -0.143. The Hall–Kier alpha value is -5.61. The first-order valence-corrected chi connectivity index (χ1v) is 16.1. The monoisotopic (exact) mass is 645 g/mol. The summed E-state index contributed by atoms with van der Waals surface area (Å²) in [5, 5.41) is 17.7. The lowest BCUT2D eigenvalue weighted by atomic mass is 9.91. The third-order valence-corrected chi connectivity index (χ3v) is 8.46. The summed E-state index contributed by atoms with van der Waals surface area (Å²) in [4.78, 5) is 49.9. The van der Waals surface area contributed by atoms with E-state index in [0.29, 0.717) is 35.7 Å². The number of carbonyl (C=O) groups is 3. The average Bonchev–Trinajstić information content (AvgIpc) is 3.52. The van der Waals surface area contributed by atoms with E-state index < -0.39 is 11.9 Å². The van der Waals surface area contributed by atoms with Crippen molar-refractivity contribution in [2.24, 2.45) is 5.92 Å². The van der Waals surface area contributed by atoms with E-state index in [1.807, 2.05) is 68.6 Å². The second-order valence-corrected chi connectivity index (χ2v) is 12.3. The van der Waals surface area contributed by atoms with Crippen molar-refractivity contribution in [1.82, 2.24) is 15.2 Å². The number of nitrogens with one attached hydrogen (secondary N) is 3. The first kappa shape index (κ1) is 32.3. The topological polar surface area (TPSA) is 127 Å². The number of carbonyl (C=O) groups excluding carboxylic acids is 2. The Kier molecular flexibility index (Phi) is 9.73.